The van der Waals surface area contributed by atoms with Crippen molar-refractivity contribution in [2.45, 2.75) is 19.4 Å². The third-order valence-corrected chi connectivity index (χ3v) is 2.78. The molecule has 2 aromatic rings. The van der Waals surface area contributed by atoms with Crippen molar-refractivity contribution in [3.63, 3.8) is 0 Å². The number of aromatic nitrogens is 3. The first-order valence-corrected chi connectivity index (χ1v) is 6.52. The first kappa shape index (κ1) is 14.7. The highest BCUT2D eigenvalue weighted by atomic mass is 16.5. The second-order valence-electron chi connectivity index (χ2n) is 4.38. The minimum atomic E-state index is -1.10. The van der Waals surface area contributed by atoms with Gasteiger partial charge in [0.15, 0.2) is 5.69 Å². The zero-order valence-electron chi connectivity index (χ0n) is 11.3. The Hall–Kier alpha value is -2.70. The van der Waals surface area contributed by atoms with Gasteiger partial charge in [-0.1, -0.05) is 23.4 Å². The molecule has 0 aliphatic carbocycles. The maximum atomic E-state index is 11.6. The van der Waals surface area contributed by atoms with Gasteiger partial charge in [-0.15, -0.1) is 5.10 Å². The average Bonchev–Trinajstić information content (AvgIpc) is 2.97. The molecule has 1 heterocycles. The predicted octanol–water partition coefficient (Wildman–Crippen LogP) is 1.61. The molecule has 0 aliphatic heterocycles. The van der Waals surface area contributed by atoms with Gasteiger partial charge in [0.25, 0.3) is 0 Å². The van der Waals surface area contributed by atoms with Crippen LogP contribution < -0.4 is 0 Å². The van der Waals surface area contributed by atoms with Crippen LogP contribution in [0.3, 0.4) is 0 Å². The highest BCUT2D eigenvalue weighted by molar-refractivity contribution is 5.89. The van der Waals surface area contributed by atoms with E-state index in [1.807, 2.05) is 6.07 Å². The minimum absolute atomic E-state index is 0.0782. The summed E-state index contributed by atoms with van der Waals surface area (Å²) < 4.78 is 6.59. The van der Waals surface area contributed by atoms with Crippen LogP contribution in [-0.4, -0.2) is 38.6 Å². The van der Waals surface area contributed by atoms with E-state index in [4.69, 9.17) is 9.84 Å². The van der Waals surface area contributed by atoms with Crippen LogP contribution in [0.1, 0.15) is 33.7 Å². The Morgan fingerprint density at radius 1 is 1.19 bits per heavy atom. The lowest BCUT2D eigenvalue weighted by molar-refractivity contribution is 0.0496. The number of hydrogen-bond donors (Lipinski definition) is 1. The molecule has 0 aliphatic rings. The Kier molecular flexibility index (Phi) is 5.03. The molecular formula is C14H15N3O4. The van der Waals surface area contributed by atoms with Crippen LogP contribution in [0.25, 0.3) is 0 Å². The van der Waals surface area contributed by atoms with Crippen LogP contribution in [0.2, 0.25) is 0 Å². The summed E-state index contributed by atoms with van der Waals surface area (Å²) in [5.74, 6) is -1.44. The number of nitrogens with zero attached hydrogens (tertiary/aromatic N) is 3. The number of hydrogen-bond acceptors (Lipinski definition) is 5. The number of carboxylic acids is 1. The molecule has 0 saturated heterocycles. The smallest absolute Gasteiger partial charge is 0.358 e. The molecule has 0 radical (unpaired) electrons. The van der Waals surface area contributed by atoms with Gasteiger partial charge in [-0.3, -0.25) is 4.68 Å². The summed E-state index contributed by atoms with van der Waals surface area (Å²) in [6.07, 6.45) is 2.75. The van der Waals surface area contributed by atoms with E-state index in [1.54, 1.807) is 24.3 Å². The summed E-state index contributed by atoms with van der Waals surface area (Å²) >= 11 is 0. The van der Waals surface area contributed by atoms with E-state index < -0.39 is 5.97 Å². The number of benzene rings is 1. The topological polar surface area (TPSA) is 94.3 Å². The molecule has 1 N–H and O–H groups in total. The van der Waals surface area contributed by atoms with Gasteiger partial charge in [0.2, 0.25) is 0 Å². The fourth-order valence-corrected chi connectivity index (χ4v) is 1.70. The molecule has 110 valence electrons. The van der Waals surface area contributed by atoms with Crippen molar-refractivity contribution in [2.75, 3.05) is 6.61 Å². The molecule has 7 nitrogen and oxygen atoms in total. The third kappa shape index (κ3) is 4.41. The Morgan fingerprint density at radius 2 is 1.95 bits per heavy atom. The maximum absolute atomic E-state index is 11.6. The number of carbonyl (C=O) groups is 2. The number of carbonyl (C=O) groups excluding carboxylic acids is 1. The quantitative estimate of drug-likeness (QED) is 0.614. The minimum Gasteiger partial charge on any atom is -0.476 e. The number of ether oxygens (including phenoxy) is 1. The lowest BCUT2D eigenvalue weighted by Gasteiger charge is -2.04. The van der Waals surface area contributed by atoms with E-state index in [2.05, 4.69) is 10.3 Å². The number of rotatable bonds is 7. The van der Waals surface area contributed by atoms with Gasteiger partial charge in [0.1, 0.15) is 0 Å². The lowest BCUT2D eigenvalue weighted by atomic mass is 10.2. The summed E-state index contributed by atoms with van der Waals surface area (Å²) in [5, 5.41) is 15.9. The van der Waals surface area contributed by atoms with Crippen molar-refractivity contribution < 1.29 is 19.4 Å². The van der Waals surface area contributed by atoms with E-state index in [-0.39, 0.29) is 11.7 Å². The van der Waals surface area contributed by atoms with Gasteiger partial charge in [0, 0.05) is 6.54 Å². The predicted molar refractivity (Wildman–Crippen MR) is 72.9 cm³/mol. The number of aryl methyl sites for hydroxylation is 1. The first-order valence-electron chi connectivity index (χ1n) is 6.52. The normalized spacial score (nSPS) is 10.3. The van der Waals surface area contributed by atoms with E-state index in [0.717, 1.165) is 0 Å². The summed E-state index contributed by atoms with van der Waals surface area (Å²) in [6.45, 7) is 0.845. The van der Waals surface area contributed by atoms with Crippen LogP contribution in [0.5, 0.6) is 0 Å². The van der Waals surface area contributed by atoms with Gasteiger partial charge in [-0.05, 0) is 25.0 Å². The first-order chi connectivity index (χ1) is 10.2. The second-order valence-corrected chi connectivity index (χ2v) is 4.38. The largest absolute Gasteiger partial charge is 0.476 e. The lowest BCUT2D eigenvalue weighted by Crippen LogP contribution is -2.07. The highest BCUT2D eigenvalue weighted by Crippen LogP contribution is 2.03. The van der Waals surface area contributed by atoms with Crippen LogP contribution in [0.15, 0.2) is 36.5 Å². The number of esters is 1. The molecule has 0 atom stereocenters. The Labute approximate surface area is 121 Å². The maximum Gasteiger partial charge on any atom is 0.358 e. The second kappa shape index (κ2) is 7.18. The summed E-state index contributed by atoms with van der Waals surface area (Å²) in [7, 11) is 0. The summed E-state index contributed by atoms with van der Waals surface area (Å²) in [4.78, 5) is 22.3. The SMILES string of the molecule is O=C(OCCCCn1cc(C(=O)O)nn1)c1ccccc1. The molecule has 0 spiro atoms. The van der Waals surface area contributed by atoms with Crippen LogP contribution in [0, 0.1) is 0 Å². The van der Waals surface area contributed by atoms with Crippen molar-refractivity contribution in [2.24, 2.45) is 0 Å². The average molecular weight is 289 g/mol. The van der Waals surface area contributed by atoms with Crippen molar-refractivity contribution in [1.29, 1.82) is 0 Å². The molecule has 2 rings (SSSR count). The molecule has 0 bridgehead atoms. The Morgan fingerprint density at radius 3 is 2.62 bits per heavy atom. The van der Waals surface area contributed by atoms with Gasteiger partial charge < -0.3 is 9.84 Å². The van der Waals surface area contributed by atoms with E-state index in [1.165, 1.54) is 10.9 Å². The molecule has 1 aromatic heterocycles. The van der Waals surface area contributed by atoms with Gasteiger partial charge in [0.05, 0.1) is 18.4 Å². The third-order valence-electron chi connectivity index (χ3n) is 2.78. The monoisotopic (exact) mass is 289 g/mol. The van der Waals surface area contributed by atoms with Crippen molar-refractivity contribution in [3.05, 3.63) is 47.8 Å². The molecule has 21 heavy (non-hydrogen) atoms. The number of unbranched alkanes of at least 4 members (excludes halogenated alkanes) is 1. The fraction of sp³-hybridized carbons (Fsp3) is 0.286. The Bertz CT molecular complexity index is 610. The van der Waals surface area contributed by atoms with Crippen molar-refractivity contribution in [3.8, 4) is 0 Å². The molecular weight excluding hydrogens is 274 g/mol. The van der Waals surface area contributed by atoms with Crippen molar-refractivity contribution in [1.82, 2.24) is 15.0 Å². The summed E-state index contributed by atoms with van der Waals surface area (Å²) in [5.41, 5.74) is 0.449. The zero-order valence-corrected chi connectivity index (χ0v) is 11.3. The highest BCUT2D eigenvalue weighted by Gasteiger charge is 2.08. The van der Waals surface area contributed by atoms with E-state index in [9.17, 15) is 9.59 Å². The number of aromatic carboxylic acids is 1. The summed E-state index contributed by atoms with van der Waals surface area (Å²) in [6, 6.07) is 8.79. The molecule has 0 saturated carbocycles. The number of carboxylic acid groups (broad SMARTS) is 1. The Balaban J connectivity index is 1.66. The van der Waals surface area contributed by atoms with Crippen LogP contribution in [-0.2, 0) is 11.3 Å². The van der Waals surface area contributed by atoms with E-state index in [0.29, 0.717) is 31.6 Å². The molecule has 0 amide bonds. The fourth-order valence-electron chi connectivity index (χ4n) is 1.70. The zero-order chi connectivity index (χ0) is 15.1. The van der Waals surface area contributed by atoms with E-state index >= 15 is 0 Å². The van der Waals surface area contributed by atoms with Gasteiger partial charge in [-0.25, -0.2) is 9.59 Å². The molecule has 0 fully saturated rings. The molecule has 7 heteroatoms. The van der Waals surface area contributed by atoms with Crippen LogP contribution in [0.4, 0.5) is 0 Å². The van der Waals surface area contributed by atoms with Gasteiger partial charge >= 0.3 is 11.9 Å². The standard InChI is InChI=1S/C14H15N3O4/c18-13(19)12-10-17(16-15-12)8-4-5-9-21-14(20)11-6-2-1-3-7-11/h1-3,6-7,10H,4-5,8-9H2,(H,18,19). The van der Waals surface area contributed by atoms with Crippen LogP contribution >= 0.6 is 0 Å². The molecule has 0 unspecified atom stereocenters. The van der Waals surface area contributed by atoms with Gasteiger partial charge in [-0.2, -0.15) is 0 Å². The molecule has 1 aromatic carbocycles. The van der Waals surface area contributed by atoms with Crippen molar-refractivity contribution >= 4 is 11.9 Å².